The molecule has 3 saturated heterocycles. The van der Waals surface area contributed by atoms with Gasteiger partial charge in [-0.25, -0.2) is 14.6 Å². The number of anilines is 1. The van der Waals surface area contributed by atoms with E-state index in [1.54, 1.807) is 6.07 Å². The number of carbonyl (C=O) groups is 4. The van der Waals surface area contributed by atoms with Gasteiger partial charge in [0.05, 0.1) is 31.1 Å². The summed E-state index contributed by atoms with van der Waals surface area (Å²) in [4.78, 5) is 65.4. The highest BCUT2D eigenvalue weighted by Gasteiger charge is 2.44. The van der Waals surface area contributed by atoms with Gasteiger partial charge < -0.3 is 34.5 Å². The van der Waals surface area contributed by atoms with E-state index in [1.165, 1.54) is 11.2 Å². The number of hydrogen-bond donors (Lipinski definition) is 2. The fourth-order valence-electron chi connectivity index (χ4n) is 9.45. The Morgan fingerprint density at radius 1 is 0.937 bits per heavy atom. The van der Waals surface area contributed by atoms with Crippen LogP contribution in [0.5, 0.6) is 23.0 Å². The molecule has 0 radical (unpaired) electrons. The molecule has 4 amide bonds. The molecule has 7 heterocycles. The van der Waals surface area contributed by atoms with E-state index in [9.17, 15) is 19.2 Å². The van der Waals surface area contributed by atoms with Crippen molar-refractivity contribution in [1.82, 2.24) is 39.8 Å². The molecule has 2 aromatic heterocycles. The van der Waals surface area contributed by atoms with Gasteiger partial charge in [-0.1, -0.05) is 18.2 Å². The van der Waals surface area contributed by atoms with Gasteiger partial charge in [0, 0.05) is 63.1 Å². The van der Waals surface area contributed by atoms with Crippen molar-refractivity contribution in [3.63, 3.8) is 0 Å². The maximum Gasteiger partial charge on any atom is 0.255 e. The van der Waals surface area contributed by atoms with Crippen molar-refractivity contribution >= 4 is 40.5 Å². The van der Waals surface area contributed by atoms with Crippen LogP contribution in [-0.4, -0.2) is 122 Å². The van der Waals surface area contributed by atoms with Crippen LogP contribution in [0.4, 0.5) is 5.82 Å². The first-order valence-corrected chi connectivity index (χ1v) is 21.7. The number of nitrogens with one attached hydrogen (secondary N) is 1. The number of benzene rings is 3. The van der Waals surface area contributed by atoms with Crippen LogP contribution >= 0.6 is 0 Å². The summed E-state index contributed by atoms with van der Waals surface area (Å²) in [5, 5.41) is 8.16. The monoisotopic (exact) mass is 855 g/mol. The molecular weight excluding hydrogens is 807 g/mol. The fraction of sp³-hybridized carbons (Fsp3) is 0.413. The number of aromatic nitrogens is 4. The molecule has 5 aromatic rings. The molecule has 3 N–H and O–H groups in total. The number of amides is 4. The SMILES string of the molecule is Nc1ncnc2c1c(-c1ccc(Oc3ccccc3)cc1)nn2[C@@H]1CCCN(CCOCCC(=O)N2CCC3(CC2)COc2cc4c(cc2O3)CN(C2CCC(=O)NC2=O)C4=O)C1. The van der Waals surface area contributed by atoms with E-state index in [4.69, 9.17) is 29.8 Å². The van der Waals surface area contributed by atoms with Crippen molar-refractivity contribution in [2.45, 2.75) is 69.2 Å². The summed E-state index contributed by atoms with van der Waals surface area (Å²) < 4.78 is 26.8. The molecule has 10 rings (SSSR count). The normalized spacial score (nSPS) is 20.9. The number of para-hydroxylation sites is 1. The second-order valence-electron chi connectivity index (χ2n) is 17.0. The van der Waals surface area contributed by atoms with Crippen molar-refractivity contribution in [3.8, 4) is 34.3 Å². The molecule has 2 atom stereocenters. The van der Waals surface area contributed by atoms with Gasteiger partial charge in [-0.2, -0.15) is 5.10 Å². The number of hydrogen-bond acceptors (Lipinski definition) is 13. The maximum absolute atomic E-state index is 13.3. The van der Waals surface area contributed by atoms with Crippen molar-refractivity contribution in [1.29, 1.82) is 0 Å². The van der Waals surface area contributed by atoms with Gasteiger partial charge in [0.2, 0.25) is 17.7 Å². The van der Waals surface area contributed by atoms with Gasteiger partial charge in [-0.15, -0.1) is 0 Å². The number of imide groups is 1. The zero-order valence-electron chi connectivity index (χ0n) is 34.9. The van der Waals surface area contributed by atoms with Crippen molar-refractivity contribution in [3.05, 3.63) is 84.2 Å². The zero-order chi connectivity index (χ0) is 43.1. The highest BCUT2D eigenvalue weighted by Crippen LogP contribution is 2.44. The van der Waals surface area contributed by atoms with Gasteiger partial charge in [0.15, 0.2) is 17.1 Å². The minimum Gasteiger partial charge on any atom is -0.485 e. The summed E-state index contributed by atoms with van der Waals surface area (Å²) in [5.74, 6) is 1.94. The van der Waals surface area contributed by atoms with Crippen LogP contribution in [-0.2, 0) is 25.7 Å². The second kappa shape index (κ2) is 16.9. The van der Waals surface area contributed by atoms with Gasteiger partial charge in [-0.3, -0.25) is 29.4 Å². The summed E-state index contributed by atoms with van der Waals surface area (Å²) >= 11 is 0. The number of carbonyl (C=O) groups excluding carboxylic acids is 4. The number of rotatable bonds is 11. The predicted octanol–water partition coefficient (Wildman–Crippen LogP) is 4.51. The third-order valence-electron chi connectivity index (χ3n) is 12.9. The summed E-state index contributed by atoms with van der Waals surface area (Å²) in [5.41, 5.74) is 9.43. The van der Waals surface area contributed by atoms with Gasteiger partial charge in [-0.05, 0) is 79.9 Å². The Labute approximate surface area is 363 Å². The number of nitrogen functional groups attached to an aromatic ring is 1. The molecule has 3 fully saturated rings. The van der Waals surface area contributed by atoms with Crippen LogP contribution in [0.25, 0.3) is 22.3 Å². The second-order valence-corrected chi connectivity index (χ2v) is 17.0. The Hall–Kier alpha value is -6.59. The molecule has 0 bridgehead atoms. The van der Waals surface area contributed by atoms with Crippen LogP contribution in [0, 0.1) is 0 Å². The van der Waals surface area contributed by atoms with E-state index in [0.29, 0.717) is 87.1 Å². The number of nitrogens with two attached hydrogens (primary N) is 1. The highest BCUT2D eigenvalue weighted by atomic mass is 16.6. The first-order valence-electron chi connectivity index (χ1n) is 21.7. The summed E-state index contributed by atoms with van der Waals surface area (Å²) in [6.07, 6.45) is 5.43. The topological polar surface area (TPSA) is 197 Å². The van der Waals surface area contributed by atoms with Crippen LogP contribution in [0.15, 0.2) is 73.1 Å². The molecule has 0 saturated carbocycles. The van der Waals surface area contributed by atoms with E-state index in [0.717, 1.165) is 66.2 Å². The number of ether oxygens (including phenoxy) is 4. The Kier molecular flexibility index (Phi) is 10.9. The molecule has 326 valence electrons. The zero-order valence-corrected chi connectivity index (χ0v) is 34.9. The molecule has 0 aliphatic carbocycles. The van der Waals surface area contributed by atoms with E-state index in [-0.39, 0.29) is 36.7 Å². The lowest BCUT2D eigenvalue weighted by molar-refractivity contribution is -0.138. The molecule has 17 nitrogen and oxygen atoms in total. The lowest BCUT2D eigenvalue weighted by Crippen LogP contribution is -2.54. The molecule has 5 aliphatic rings. The molecule has 5 aliphatic heterocycles. The van der Waals surface area contributed by atoms with Crippen molar-refractivity contribution < 1.29 is 38.1 Å². The minimum atomic E-state index is -0.692. The van der Waals surface area contributed by atoms with Gasteiger partial charge in [0.1, 0.15) is 47.6 Å². The Balaban J connectivity index is 0.688. The molecule has 17 heteroatoms. The summed E-state index contributed by atoms with van der Waals surface area (Å²) in [6.45, 7) is 4.93. The van der Waals surface area contributed by atoms with Crippen molar-refractivity contribution in [2.24, 2.45) is 0 Å². The maximum atomic E-state index is 13.3. The average molecular weight is 856 g/mol. The Morgan fingerprint density at radius 2 is 1.75 bits per heavy atom. The molecule has 1 unspecified atom stereocenters. The first-order chi connectivity index (χ1) is 30.7. The largest absolute Gasteiger partial charge is 0.485 e. The average Bonchev–Trinajstić information content (AvgIpc) is 3.84. The van der Waals surface area contributed by atoms with Gasteiger partial charge in [0.25, 0.3) is 5.91 Å². The van der Waals surface area contributed by atoms with E-state index < -0.39 is 17.6 Å². The van der Waals surface area contributed by atoms with Crippen molar-refractivity contribution in [2.75, 3.05) is 58.3 Å². The minimum absolute atomic E-state index is 0.0471. The molecule has 3 aromatic carbocycles. The van der Waals surface area contributed by atoms with Crippen LogP contribution in [0.3, 0.4) is 0 Å². The summed E-state index contributed by atoms with van der Waals surface area (Å²) in [7, 11) is 0. The lowest BCUT2D eigenvalue weighted by Gasteiger charge is -2.44. The molecule has 63 heavy (non-hydrogen) atoms. The van der Waals surface area contributed by atoms with Crippen LogP contribution < -0.4 is 25.3 Å². The smallest absolute Gasteiger partial charge is 0.255 e. The standard InChI is InChI=1S/C46H49N9O8/c47-42-40-41(29-8-10-33(11-9-29)62-32-6-2-1-3-7-32)51-55(43(40)49-28-48-42)31-5-4-17-52(26-31)20-22-60-21-14-39(57)53-18-15-46(16-19-53)27-61-36-24-34-30(23-37(36)63-46)25-54(45(34)59)35-12-13-38(56)50-44(35)58/h1-3,6-11,23-24,28,31,35H,4-5,12-22,25-27H2,(H2,47,48,49)(H,50,56,58)/t31-,35?/m1/s1. The number of likely N-dealkylation sites (tertiary alicyclic amines) is 2. The highest BCUT2D eigenvalue weighted by molar-refractivity contribution is 6.05. The number of fused-ring (bicyclic) bond motifs is 3. The number of nitrogens with zero attached hydrogens (tertiary/aromatic N) is 7. The first kappa shape index (κ1) is 40.5. The van der Waals surface area contributed by atoms with E-state index in [1.807, 2.05) is 70.2 Å². The van der Waals surface area contributed by atoms with Crippen LogP contribution in [0.2, 0.25) is 0 Å². The third kappa shape index (κ3) is 8.13. The van der Waals surface area contributed by atoms with Crippen LogP contribution in [0.1, 0.15) is 66.9 Å². The Morgan fingerprint density at radius 3 is 2.56 bits per heavy atom. The fourth-order valence-corrected chi connectivity index (χ4v) is 9.45. The quantitative estimate of drug-likeness (QED) is 0.139. The predicted molar refractivity (Wildman–Crippen MR) is 229 cm³/mol. The number of piperidine rings is 3. The van der Waals surface area contributed by atoms with E-state index in [2.05, 4.69) is 20.2 Å². The molecule has 1 spiro atoms. The molecular formula is C46H49N9O8. The third-order valence-corrected chi connectivity index (χ3v) is 12.9. The summed E-state index contributed by atoms with van der Waals surface area (Å²) in [6, 6.07) is 20.4. The Bertz CT molecular complexity index is 2560. The van der Waals surface area contributed by atoms with Gasteiger partial charge >= 0.3 is 0 Å². The van der Waals surface area contributed by atoms with E-state index >= 15 is 0 Å². The lowest BCUT2D eigenvalue weighted by atomic mass is 9.90.